The summed E-state index contributed by atoms with van der Waals surface area (Å²) >= 11 is 3.40. The molecular formula is C11H20BrNO. The van der Waals surface area contributed by atoms with Crippen LogP contribution < -0.4 is 0 Å². The van der Waals surface area contributed by atoms with Crippen molar-refractivity contribution in [3.05, 3.63) is 0 Å². The smallest absolute Gasteiger partial charge is 0.236 e. The maximum atomic E-state index is 11.7. The van der Waals surface area contributed by atoms with E-state index in [4.69, 9.17) is 0 Å². The van der Waals surface area contributed by atoms with E-state index in [2.05, 4.69) is 36.7 Å². The van der Waals surface area contributed by atoms with Crippen LogP contribution in [0.15, 0.2) is 0 Å². The van der Waals surface area contributed by atoms with Gasteiger partial charge in [-0.3, -0.25) is 4.79 Å². The molecule has 0 saturated carbocycles. The van der Waals surface area contributed by atoms with Gasteiger partial charge in [0, 0.05) is 12.6 Å². The summed E-state index contributed by atoms with van der Waals surface area (Å²) < 4.78 is 0. The molecular weight excluding hydrogens is 242 g/mol. The van der Waals surface area contributed by atoms with Gasteiger partial charge in [-0.05, 0) is 32.1 Å². The number of alkyl halides is 1. The van der Waals surface area contributed by atoms with Crippen LogP contribution >= 0.6 is 15.9 Å². The molecule has 2 unspecified atom stereocenters. The first kappa shape index (κ1) is 12.0. The summed E-state index contributed by atoms with van der Waals surface area (Å²) in [6, 6.07) is 0.410. The standard InChI is InChI=1S/C11H20BrNO/c1-8(2)4-5-9(3)13-7-6-10(12)11(13)14/h8-10H,4-7H2,1-3H3. The predicted molar refractivity (Wildman–Crippen MR) is 62.6 cm³/mol. The Kier molecular flexibility index (Phi) is 4.42. The number of nitrogens with zero attached hydrogens (tertiary/aromatic N) is 1. The van der Waals surface area contributed by atoms with Crippen molar-refractivity contribution in [2.45, 2.75) is 50.9 Å². The summed E-state index contributed by atoms with van der Waals surface area (Å²) in [5, 5.41) is 0. The summed E-state index contributed by atoms with van der Waals surface area (Å²) in [7, 11) is 0. The van der Waals surface area contributed by atoms with Gasteiger partial charge in [0.2, 0.25) is 5.91 Å². The van der Waals surface area contributed by atoms with Crippen LogP contribution in [0.3, 0.4) is 0 Å². The second-order valence-electron chi connectivity index (χ2n) is 4.61. The molecule has 0 aromatic rings. The Balaban J connectivity index is 2.37. The molecule has 14 heavy (non-hydrogen) atoms. The highest BCUT2D eigenvalue weighted by Gasteiger charge is 2.32. The van der Waals surface area contributed by atoms with E-state index in [1.165, 1.54) is 6.42 Å². The third-order valence-electron chi connectivity index (χ3n) is 2.87. The Morgan fingerprint density at radius 1 is 1.43 bits per heavy atom. The summed E-state index contributed by atoms with van der Waals surface area (Å²) in [5.74, 6) is 1.01. The zero-order valence-electron chi connectivity index (χ0n) is 9.29. The van der Waals surface area contributed by atoms with Crippen LogP contribution in [0.5, 0.6) is 0 Å². The van der Waals surface area contributed by atoms with Gasteiger partial charge in [-0.2, -0.15) is 0 Å². The van der Waals surface area contributed by atoms with E-state index in [0.29, 0.717) is 6.04 Å². The van der Waals surface area contributed by atoms with E-state index in [-0.39, 0.29) is 10.7 Å². The van der Waals surface area contributed by atoms with Gasteiger partial charge in [0.1, 0.15) is 0 Å². The molecule has 1 saturated heterocycles. The molecule has 1 aliphatic heterocycles. The average Bonchev–Trinajstić information content (AvgIpc) is 2.44. The van der Waals surface area contributed by atoms with Gasteiger partial charge in [-0.25, -0.2) is 0 Å². The first-order valence-corrected chi connectivity index (χ1v) is 6.38. The average molecular weight is 262 g/mol. The maximum absolute atomic E-state index is 11.7. The van der Waals surface area contributed by atoms with Crippen molar-refractivity contribution >= 4 is 21.8 Å². The third-order valence-corrected chi connectivity index (χ3v) is 3.72. The summed E-state index contributed by atoms with van der Waals surface area (Å²) in [6.07, 6.45) is 3.30. The van der Waals surface area contributed by atoms with Gasteiger partial charge in [0.25, 0.3) is 0 Å². The van der Waals surface area contributed by atoms with Crippen molar-refractivity contribution in [2.75, 3.05) is 6.54 Å². The van der Waals surface area contributed by atoms with Crippen molar-refractivity contribution in [1.29, 1.82) is 0 Å². The van der Waals surface area contributed by atoms with Crippen molar-refractivity contribution in [2.24, 2.45) is 5.92 Å². The number of carbonyl (C=O) groups is 1. The second kappa shape index (κ2) is 5.15. The molecule has 1 aliphatic rings. The molecule has 2 nitrogen and oxygen atoms in total. The van der Waals surface area contributed by atoms with E-state index in [1.807, 2.05) is 4.90 Å². The maximum Gasteiger partial charge on any atom is 0.236 e. The lowest BCUT2D eigenvalue weighted by atomic mass is 10.0. The zero-order chi connectivity index (χ0) is 10.7. The summed E-state index contributed by atoms with van der Waals surface area (Å²) in [4.78, 5) is 13.8. The minimum Gasteiger partial charge on any atom is -0.339 e. The topological polar surface area (TPSA) is 20.3 Å². The van der Waals surface area contributed by atoms with Crippen LogP contribution in [0.4, 0.5) is 0 Å². The molecule has 0 bridgehead atoms. The lowest BCUT2D eigenvalue weighted by Crippen LogP contribution is -2.35. The molecule has 82 valence electrons. The fourth-order valence-corrected chi connectivity index (χ4v) is 2.30. The van der Waals surface area contributed by atoms with Crippen LogP contribution in [0, 0.1) is 5.92 Å². The van der Waals surface area contributed by atoms with Crippen molar-refractivity contribution in [1.82, 2.24) is 4.90 Å². The fourth-order valence-electron chi connectivity index (χ4n) is 1.83. The quantitative estimate of drug-likeness (QED) is 0.713. The number of rotatable bonds is 4. The van der Waals surface area contributed by atoms with E-state index in [0.717, 1.165) is 25.3 Å². The van der Waals surface area contributed by atoms with Crippen molar-refractivity contribution in [3.63, 3.8) is 0 Å². The molecule has 0 aromatic heterocycles. The zero-order valence-corrected chi connectivity index (χ0v) is 10.9. The fraction of sp³-hybridized carbons (Fsp3) is 0.909. The highest BCUT2D eigenvalue weighted by molar-refractivity contribution is 9.10. The lowest BCUT2D eigenvalue weighted by molar-refractivity contribution is -0.129. The van der Waals surface area contributed by atoms with Crippen LogP contribution in [0.1, 0.15) is 40.0 Å². The minimum atomic E-state index is 0.0731. The van der Waals surface area contributed by atoms with Gasteiger partial charge in [-0.1, -0.05) is 29.8 Å². The van der Waals surface area contributed by atoms with E-state index >= 15 is 0 Å². The van der Waals surface area contributed by atoms with Gasteiger partial charge in [0.05, 0.1) is 4.83 Å². The van der Waals surface area contributed by atoms with Crippen LogP contribution in [0.25, 0.3) is 0 Å². The van der Waals surface area contributed by atoms with Gasteiger partial charge < -0.3 is 4.90 Å². The van der Waals surface area contributed by atoms with Gasteiger partial charge >= 0.3 is 0 Å². The molecule has 0 aliphatic carbocycles. The Bertz CT molecular complexity index is 205. The summed E-state index contributed by atoms with van der Waals surface area (Å²) in [5.41, 5.74) is 0. The molecule has 2 atom stereocenters. The van der Waals surface area contributed by atoms with Crippen LogP contribution in [-0.4, -0.2) is 28.2 Å². The Morgan fingerprint density at radius 2 is 2.07 bits per heavy atom. The molecule has 1 heterocycles. The van der Waals surface area contributed by atoms with Gasteiger partial charge in [-0.15, -0.1) is 0 Å². The first-order chi connectivity index (χ1) is 6.52. The predicted octanol–water partition coefficient (Wildman–Crippen LogP) is 2.81. The van der Waals surface area contributed by atoms with Gasteiger partial charge in [0.15, 0.2) is 0 Å². The lowest BCUT2D eigenvalue weighted by Gasteiger charge is -2.25. The molecule has 0 N–H and O–H groups in total. The molecule has 0 radical (unpaired) electrons. The molecule has 1 fully saturated rings. The number of hydrogen-bond acceptors (Lipinski definition) is 1. The highest BCUT2D eigenvalue weighted by atomic mass is 79.9. The third kappa shape index (κ3) is 2.97. The van der Waals surface area contributed by atoms with Crippen LogP contribution in [0.2, 0.25) is 0 Å². The number of hydrogen-bond donors (Lipinski definition) is 0. The SMILES string of the molecule is CC(C)CCC(C)N1CCC(Br)C1=O. The molecule has 3 heteroatoms. The number of carbonyl (C=O) groups excluding carboxylic acids is 1. The molecule has 1 rings (SSSR count). The largest absolute Gasteiger partial charge is 0.339 e. The van der Waals surface area contributed by atoms with Crippen molar-refractivity contribution in [3.8, 4) is 0 Å². The second-order valence-corrected chi connectivity index (χ2v) is 5.71. The van der Waals surface area contributed by atoms with Crippen LogP contribution in [-0.2, 0) is 4.79 Å². The number of likely N-dealkylation sites (tertiary alicyclic amines) is 1. The van der Waals surface area contributed by atoms with Crippen molar-refractivity contribution < 1.29 is 4.79 Å². The minimum absolute atomic E-state index is 0.0731. The molecule has 0 aromatic carbocycles. The Morgan fingerprint density at radius 3 is 2.50 bits per heavy atom. The monoisotopic (exact) mass is 261 g/mol. The van der Waals surface area contributed by atoms with E-state index < -0.39 is 0 Å². The van der Waals surface area contributed by atoms with E-state index in [9.17, 15) is 4.79 Å². The Hall–Kier alpha value is -0.0500. The molecule has 1 amide bonds. The molecule has 0 spiro atoms. The normalized spacial score (nSPS) is 24.8. The Labute approximate surface area is 95.2 Å². The summed E-state index contributed by atoms with van der Waals surface area (Å²) in [6.45, 7) is 7.54. The number of amides is 1. The highest BCUT2D eigenvalue weighted by Crippen LogP contribution is 2.23. The first-order valence-electron chi connectivity index (χ1n) is 5.47. The number of halogens is 1. The van der Waals surface area contributed by atoms with E-state index in [1.54, 1.807) is 0 Å².